The Kier molecular flexibility index (Phi) is 5.96. The lowest BCUT2D eigenvalue weighted by Gasteiger charge is -2.27. The first-order valence-electron chi connectivity index (χ1n) is 12.3. The molecule has 0 bridgehead atoms. The molecule has 5 nitrogen and oxygen atoms in total. The molecule has 0 unspecified atom stereocenters. The normalized spacial score (nSPS) is 20.2. The fourth-order valence-corrected chi connectivity index (χ4v) is 5.55. The van der Waals surface area contributed by atoms with Gasteiger partial charge in [-0.25, -0.2) is 0 Å². The van der Waals surface area contributed by atoms with Gasteiger partial charge in [0.15, 0.2) is 5.11 Å². The van der Waals surface area contributed by atoms with Crippen LogP contribution in [0.25, 0.3) is 5.69 Å². The van der Waals surface area contributed by atoms with Gasteiger partial charge in [0.2, 0.25) is 0 Å². The Morgan fingerprint density at radius 1 is 0.857 bits per heavy atom. The van der Waals surface area contributed by atoms with Crippen LogP contribution in [0.1, 0.15) is 49.0 Å². The minimum absolute atomic E-state index is 0.0380. The molecule has 1 aliphatic carbocycles. The molecule has 176 valence electrons. The second-order valence-corrected chi connectivity index (χ2v) is 9.59. The second kappa shape index (κ2) is 9.55. The monoisotopic (exact) mass is 480 g/mol. The minimum Gasteiger partial charge on any atom is -0.490 e. The maximum atomic E-state index is 6.19. The number of aromatic nitrogens is 2. The summed E-state index contributed by atoms with van der Waals surface area (Å²) in [7, 11) is 0. The van der Waals surface area contributed by atoms with Crippen molar-refractivity contribution >= 4 is 23.0 Å². The van der Waals surface area contributed by atoms with E-state index in [0.717, 1.165) is 35.7 Å². The summed E-state index contributed by atoms with van der Waals surface area (Å²) in [5.74, 6) is 0.923. The highest BCUT2D eigenvalue weighted by Crippen LogP contribution is 2.42. The number of ether oxygens (including phenoxy) is 1. The zero-order chi connectivity index (χ0) is 23.6. The van der Waals surface area contributed by atoms with Crippen molar-refractivity contribution in [1.82, 2.24) is 14.9 Å². The molecular formula is C29H28N4OS. The molecule has 6 rings (SSSR count). The van der Waals surface area contributed by atoms with E-state index in [1.165, 1.54) is 18.4 Å². The van der Waals surface area contributed by atoms with Crippen LogP contribution in [-0.4, -0.2) is 20.8 Å². The number of nitrogens with zero attached hydrogens (tertiary/aromatic N) is 3. The van der Waals surface area contributed by atoms with Crippen molar-refractivity contribution in [2.75, 3.05) is 4.90 Å². The van der Waals surface area contributed by atoms with E-state index in [1.54, 1.807) is 0 Å². The van der Waals surface area contributed by atoms with E-state index in [1.807, 2.05) is 24.4 Å². The lowest BCUT2D eigenvalue weighted by Crippen LogP contribution is -2.29. The molecular weight excluding hydrogens is 452 g/mol. The Morgan fingerprint density at radius 2 is 1.63 bits per heavy atom. The number of nitrogens with one attached hydrogen (secondary N) is 1. The van der Waals surface area contributed by atoms with Gasteiger partial charge < -0.3 is 19.5 Å². The summed E-state index contributed by atoms with van der Waals surface area (Å²) in [6.45, 7) is 0. The quantitative estimate of drug-likeness (QED) is 0.325. The molecule has 1 saturated heterocycles. The van der Waals surface area contributed by atoms with Crippen LogP contribution in [0.3, 0.4) is 0 Å². The summed E-state index contributed by atoms with van der Waals surface area (Å²) >= 11 is 5.87. The molecule has 0 radical (unpaired) electrons. The number of pyridine rings is 1. The lowest BCUT2D eigenvalue weighted by molar-refractivity contribution is 0.210. The van der Waals surface area contributed by atoms with Crippen LogP contribution in [0.5, 0.6) is 5.75 Å². The van der Waals surface area contributed by atoms with E-state index in [4.69, 9.17) is 17.0 Å². The predicted molar refractivity (Wildman–Crippen MR) is 143 cm³/mol. The van der Waals surface area contributed by atoms with Gasteiger partial charge in [-0.15, -0.1) is 0 Å². The Hall–Kier alpha value is -3.64. The topological polar surface area (TPSA) is 42.3 Å². The third-order valence-corrected chi connectivity index (χ3v) is 7.24. The Balaban J connectivity index is 1.35. The Bertz CT molecular complexity index is 1280. The number of benzene rings is 2. The van der Waals surface area contributed by atoms with E-state index in [9.17, 15) is 0 Å². The molecule has 0 amide bonds. The summed E-state index contributed by atoms with van der Waals surface area (Å²) in [6, 6.07) is 26.8. The first kappa shape index (κ1) is 21.9. The van der Waals surface area contributed by atoms with Gasteiger partial charge in [-0.3, -0.25) is 4.98 Å². The van der Waals surface area contributed by atoms with E-state index in [0.29, 0.717) is 11.2 Å². The van der Waals surface area contributed by atoms with Gasteiger partial charge in [0.25, 0.3) is 0 Å². The molecule has 0 spiro atoms. The van der Waals surface area contributed by atoms with Crippen LogP contribution in [0.15, 0.2) is 97.5 Å². The smallest absolute Gasteiger partial charge is 0.174 e. The van der Waals surface area contributed by atoms with Crippen molar-refractivity contribution in [3.8, 4) is 11.4 Å². The molecule has 6 heteroatoms. The van der Waals surface area contributed by atoms with Crippen molar-refractivity contribution in [3.05, 3.63) is 109 Å². The van der Waals surface area contributed by atoms with Crippen LogP contribution in [0, 0.1) is 0 Å². The highest BCUT2D eigenvalue weighted by molar-refractivity contribution is 7.80. The molecule has 2 atom stereocenters. The van der Waals surface area contributed by atoms with Gasteiger partial charge in [-0.2, -0.15) is 0 Å². The van der Waals surface area contributed by atoms with Crippen molar-refractivity contribution in [3.63, 3.8) is 0 Å². The number of anilines is 1. The number of rotatable bonds is 6. The van der Waals surface area contributed by atoms with Crippen molar-refractivity contribution in [2.45, 2.75) is 43.9 Å². The first-order valence-corrected chi connectivity index (χ1v) is 12.7. The summed E-state index contributed by atoms with van der Waals surface area (Å²) in [4.78, 5) is 6.87. The molecule has 2 aromatic carbocycles. The number of hydrogen-bond acceptors (Lipinski definition) is 3. The molecule has 35 heavy (non-hydrogen) atoms. The van der Waals surface area contributed by atoms with Crippen molar-refractivity contribution in [2.24, 2.45) is 0 Å². The minimum atomic E-state index is -0.0651. The van der Waals surface area contributed by atoms with Crippen LogP contribution in [0.4, 0.5) is 5.69 Å². The molecule has 2 aliphatic rings. The SMILES string of the molecule is S=C1N[C@H](c2ccccn2)[C@@H](c2ccn(-c3ccccc3)c2)N1c1ccc(OC2CCCC2)cc1. The lowest BCUT2D eigenvalue weighted by atomic mass is 9.98. The first-order chi connectivity index (χ1) is 17.3. The fraction of sp³-hybridized carbons (Fsp3) is 0.241. The van der Waals surface area contributed by atoms with Crippen molar-refractivity contribution in [1.29, 1.82) is 0 Å². The van der Waals surface area contributed by atoms with E-state index < -0.39 is 0 Å². The van der Waals surface area contributed by atoms with Crippen LogP contribution in [0.2, 0.25) is 0 Å². The summed E-state index contributed by atoms with van der Waals surface area (Å²) in [5, 5.41) is 4.24. The van der Waals surface area contributed by atoms with E-state index in [-0.39, 0.29) is 12.1 Å². The largest absolute Gasteiger partial charge is 0.490 e. The molecule has 3 heterocycles. The summed E-state index contributed by atoms with van der Waals surface area (Å²) in [5.41, 5.74) is 4.30. The highest BCUT2D eigenvalue weighted by Gasteiger charge is 2.41. The van der Waals surface area contributed by atoms with Crippen LogP contribution < -0.4 is 15.0 Å². The molecule has 1 aliphatic heterocycles. The maximum Gasteiger partial charge on any atom is 0.174 e. The van der Waals surface area contributed by atoms with Gasteiger partial charge in [0, 0.05) is 30.0 Å². The predicted octanol–water partition coefficient (Wildman–Crippen LogP) is 6.37. The fourth-order valence-electron chi connectivity index (χ4n) is 5.20. The molecule has 2 fully saturated rings. The highest BCUT2D eigenvalue weighted by atomic mass is 32.1. The zero-order valence-corrected chi connectivity index (χ0v) is 20.3. The number of hydrogen-bond donors (Lipinski definition) is 1. The third-order valence-electron chi connectivity index (χ3n) is 6.93. The van der Waals surface area contributed by atoms with Gasteiger partial charge in [-0.05, 0) is 98.1 Å². The second-order valence-electron chi connectivity index (χ2n) is 9.20. The third kappa shape index (κ3) is 4.42. The number of thiocarbonyl (C=S) groups is 1. The maximum absolute atomic E-state index is 6.19. The number of para-hydroxylation sites is 1. The van der Waals surface area contributed by atoms with Gasteiger partial charge in [0.05, 0.1) is 23.9 Å². The average Bonchev–Trinajstić information content (AvgIpc) is 3.66. The van der Waals surface area contributed by atoms with Crippen LogP contribution in [-0.2, 0) is 0 Å². The van der Waals surface area contributed by atoms with Crippen molar-refractivity contribution < 1.29 is 4.74 Å². The molecule has 4 aromatic rings. The van der Waals surface area contributed by atoms with Crippen LogP contribution >= 0.6 is 12.2 Å². The molecule has 1 saturated carbocycles. The summed E-state index contributed by atoms with van der Waals surface area (Å²) in [6.07, 6.45) is 11.3. The molecule has 1 N–H and O–H groups in total. The van der Waals surface area contributed by atoms with Gasteiger partial charge in [-0.1, -0.05) is 24.3 Å². The summed E-state index contributed by atoms with van der Waals surface area (Å²) < 4.78 is 8.35. The zero-order valence-electron chi connectivity index (χ0n) is 19.5. The van der Waals surface area contributed by atoms with Gasteiger partial charge in [0.1, 0.15) is 5.75 Å². The van der Waals surface area contributed by atoms with E-state index in [2.05, 4.69) is 92.8 Å². The Morgan fingerprint density at radius 3 is 2.37 bits per heavy atom. The van der Waals surface area contributed by atoms with Gasteiger partial charge >= 0.3 is 0 Å². The van der Waals surface area contributed by atoms with E-state index >= 15 is 0 Å². The Labute approximate surface area is 211 Å². The molecule has 2 aromatic heterocycles. The standard InChI is InChI=1S/C29H28N4OS/c35-29-31-27(26-12-6-7-18-30-26)28(21-17-19-32(20-21)22-8-2-1-3-9-22)33(29)23-13-15-25(16-14-23)34-24-10-4-5-11-24/h1-3,6-9,12-20,24,27-28H,4-5,10-11H2,(H,31,35)/t27-,28-/m1/s1. The average molecular weight is 481 g/mol.